The summed E-state index contributed by atoms with van der Waals surface area (Å²) in [6, 6.07) is 0. The zero-order valence-corrected chi connectivity index (χ0v) is 9.96. The van der Waals surface area contributed by atoms with Gasteiger partial charge in [0.1, 0.15) is 0 Å². The van der Waals surface area contributed by atoms with Crippen molar-refractivity contribution in [2.24, 2.45) is 11.8 Å². The maximum atomic E-state index is 10.0. The maximum Gasteiger partial charge on any atom is 0.0694 e. The first kappa shape index (κ1) is 12.9. The van der Waals surface area contributed by atoms with E-state index in [4.69, 9.17) is 0 Å². The van der Waals surface area contributed by atoms with Crippen LogP contribution in [0.2, 0.25) is 0 Å². The monoisotopic (exact) mass is 187 g/mol. The molecule has 1 aliphatic heterocycles. The van der Waals surface area contributed by atoms with Gasteiger partial charge in [-0.2, -0.15) is 0 Å². The number of piperidine rings is 1. The third kappa shape index (κ3) is 2.96. The molecule has 2 atom stereocenters. The Kier molecular flexibility index (Phi) is 4.93. The van der Waals surface area contributed by atoms with E-state index in [-0.39, 0.29) is 0 Å². The molecule has 2 heteroatoms. The lowest BCUT2D eigenvalue weighted by atomic mass is 9.77. The van der Waals surface area contributed by atoms with Gasteiger partial charge in [0.25, 0.3) is 0 Å². The molecule has 1 aliphatic rings. The fourth-order valence-corrected chi connectivity index (χ4v) is 1.86. The number of nitrogens with zero attached hydrogens (tertiary/aromatic N) is 1. The second kappa shape index (κ2) is 4.97. The minimum atomic E-state index is -0.466. The zero-order chi connectivity index (χ0) is 10.6. The van der Waals surface area contributed by atoms with E-state index in [1.807, 2.05) is 20.8 Å². The van der Waals surface area contributed by atoms with Crippen molar-refractivity contribution < 1.29 is 5.11 Å². The number of rotatable bonds is 0. The predicted octanol–water partition coefficient (Wildman–Crippen LogP) is 1.98. The molecule has 0 radical (unpaired) electrons. The number of aliphatic hydroxyl groups is 1. The SMILES string of the molecule is CC.CC1CN(C)CC(C)C1(C)O. The van der Waals surface area contributed by atoms with E-state index in [0.29, 0.717) is 11.8 Å². The highest BCUT2D eigenvalue weighted by Crippen LogP contribution is 2.30. The highest BCUT2D eigenvalue weighted by atomic mass is 16.3. The van der Waals surface area contributed by atoms with Crippen LogP contribution in [-0.2, 0) is 0 Å². The van der Waals surface area contributed by atoms with Crippen LogP contribution in [0.3, 0.4) is 0 Å². The molecule has 0 bridgehead atoms. The van der Waals surface area contributed by atoms with Crippen LogP contribution in [0.4, 0.5) is 0 Å². The van der Waals surface area contributed by atoms with Gasteiger partial charge in [-0.3, -0.25) is 0 Å². The van der Waals surface area contributed by atoms with Crippen molar-refractivity contribution in [2.75, 3.05) is 20.1 Å². The Bertz CT molecular complexity index is 131. The van der Waals surface area contributed by atoms with E-state index in [9.17, 15) is 5.11 Å². The molecule has 0 saturated carbocycles. The molecule has 0 aromatic carbocycles. The molecule has 1 rings (SSSR count). The summed E-state index contributed by atoms with van der Waals surface area (Å²) in [7, 11) is 2.11. The fraction of sp³-hybridized carbons (Fsp3) is 1.00. The van der Waals surface area contributed by atoms with Crippen molar-refractivity contribution in [1.29, 1.82) is 0 Å². The van der Waals surface area contributed by atoms with Gasteiger partial charge >= 0.3 is 0 Å². The highest BCUT2D eigenvalue weighted by molar-refractivity contribution is 4.91. The minimum Gasteiger partial charge on any atom is -0.390 e. The molecule has 0 aromatic rings. The van der Waals surface area contributed by atoms with Crippen molar-refractivity contribution >= 4 is 0 Å². The highest BCUT2D eigenvalue weighted by Gasteiger charge is 2.39. The third-order valence-electron chi connectivity index (χ3n) is 3.17. The normalized spacial score (nSPS) is 40.8. The number of hydrogen-bond acceptors (Lipinski definition) is 2. The zero-order valence-electron chi connectivity index (χ0n) is 9.96. The summed E-state index contributed by atoms with van der Waals surface area (Å²) in [4.78, 5) is 2.29. The van der Waals surface area contributed by atoms with Gasteiger partial charge in [-0.25, -0.2) is 0 Å². The molecule has 2 nitrogen and oxygen atoms in total. The van der Waals surface area contributed by atoms with E-state index in [1.54, 1.807) is 0 Å². The number of likely N-dealkylation sites (tertiary alicyclic amines) is 1. The molecule has 0 aromatic heterocycles. The second-order valence-corrected chi connectivity index (χ2v) is 4.25. The Morgan fingerprint density at radius 3 is 1.77 bits per heavy atom. The van der Waals surface area contributed by atoms with Crippen molar-refractivity contribution in [2.45, 2.75) is 40.2 Å². The summed E-state index contributed by atoms with van der Waals surface area (Å²) in [5.74, 6) is 0.771. The quantitative estimate of drug-likeness (QED) is 0.627. The summed E-state index contributed by atoms with van der Waals surface area (Å²) in [5.41, 5.74) is -0.466. The van der Waals surface area contributed by atoms with Gasteiger partial charge in [0.15, 0.2) is 0 Å². The molecular formula is C11H25NO. The van der Waals surface area contributed by atoms with Gasteiger partial charge in [-0.1, -0.05) is 27.7 Å². The third-order valence-corrected chi connectivity index (χ3v) is 3.17. The van der Waals surface area contributed by atoms with Crippen LogP contribution in [0, 0.1) is 11.8 Å². The van der Waals surface area contributed by atoms with Crippen LogP contribution < -0.4 is 0 Å². The Balaban J connectivity index is 0.000000671. The number of hydrogen-bond donors (Lipinski definition) is 1. The summed E-state index contributed by atoms with van der Waals surface area (Å²) in [5, 5.41) is 10.0. The van der Waals surface area contributed by atoms with E-state index in [0.717, 1.165) is 13.1 Å². The van der Waals surface area contributed by atoms with E-state index in [1.165, 1.54) is 0 Å². The van der Waals surface area contributed by atoms with Crippen LogP contribution in [0.1, 0.15) is 34.6 Å². The van der Waals surface area contributed by atoms with Crippen molar-refractivity contribution in [1.82, 2.24) is 4.90 Å². The van der Waals surface area contributed by atoms with Crippen molar-refractivity contribution in [3.8, 4) is 0 Å². The molecule has 80 valence electrons. The van der Waals surface area contributed by atoms with E-state index in [2.05, 4.69) is 25.8 Å². The lowest BCUT2D eigenvalue weighted by molar-refractivity contribution is -0.0863. The Morgan fingerprint density at radius 1 is 1.15 bits per heavy atom. The van der Waals surface area contributed by atoms with Gasteiger partial charge in [-0.05, 0) is 25.8 Å². The standard InChI is InChI=1S/C9H19NO.C2H6/c1-7-5-10(4)6-8(2)9(7,3)11;1-2/h7-8,11H,5-6H2,1-4H3;1-2H3. The van der Waals surface area contributed by atoms with Crippen molar-refractivity contribution in [3.63, 3.8) is 0 Å². The molecule has 13 heavy (non-hydrogen) atoms. The van der Waals surface area contributed by atoms with E-state index < -0.39 is 5.60 Å². The fourth-order valence-electron chi connectivity index (χ4n) is 1.86. The van der Waals surface area contributed by atoms with Crippen molar-refractivity contribution in [3.05, 3.63) is 0 Å². The molecule has 1 heterocycles. The minimum absolute atomic E-state index is 0.385. The first-order valence-corrected chi connectivity index (χ1v) is 5.35. The summed E-state index contributed by atoms with van der Waals surface area (Å²) in [6.45, 7) is 12.2. The Labute approximate surface area is 82.9 Å². The second-order valence-electron chi connectivity index (χ2n) is 4.25. The van der Waals surface area contributed by atoms with Gasteiger partial charge in [-0.15, -0.1) is 0 Å². The molecule has 0 spiro atoms. The van der Waals surface area contributed by atoms with Gasteiger partial charge in [0.2, 0.25) is 0 Å². The first-order valence-electron chi connectivity index (χ1n) is 5.35. The smallest absolute Gasteiger partial charge is 0.0694 e. The van der Waals surface area contributed by atoms with Gasteiger partial charge < -0.3 is 10.0 Å². The molecule has 2 unspecified atom stereocenters. The van der Waals surface area contributed by atoms with E-state index >= 15 is 0 Å². The van der Waals surface area contributed by atoms with Crippen LogP contribution >= 0.6 is 0 Å². The first-order chi connectivity index (χ1) is 5.94. The molecular weight excluding hydrogens is 162 g/mol. The van der Waals surface area contributed by atoms with Crippen LogP contribution in [-0.4, -0.2) is 35.7 Å². The molecule has 0 aliphatic carbocycles. The lowest BCUT2D eigenvalue weighted by Crippen LogP contribution is -2.53. The molecule has 1 fully saturated rings. The van der Waals surface area contributed by atoms with Crippen LogP contribution in [0.5, 0.6) is 0 Å². The summed E-state index contributed by atoms with van der Waals surface area (Å²) in [6.07, 6.45) is 0. The topological polar surface area (TPSA) is 23.5 Å². The largest absolute Gasteiger partial charge is 0.390 e. The summed E-state index contributed by atoms with van der Waals surface area (Å²) < 4.78 is 0. The van der Waals surface area contributed by atoms with Crippen LogP contribution in [0.15, 0.2) is 0 Å². The average molecular weight is 187 g/mol. The predicted molar refractivity (Wildman–Crippen MR) is 57.8 cm³/mol. The van der Waals surface area contributed by atoms with Gasteiger partial charge in [0, 0.05) is 13.1 Å². The summed E-state index contributed by atoms with van der Waals surface area (Å²) >= 11 is 0. The lowest BCUT2D eigenvalue weighted by Gasteiger charge is -2.44. The molecule has 1 N–H and O–H groups in total. The van der Waals surface area contributed by atoms with Crippen LogP contribution in [0.25, 0.3) is 0 Å². The average Bonchev–Trinajstić information content (AvgIpc) is 2.05. The Morgan fingerprint density at radius 2 is 1.46 bits per heavy atom. The van der Waals surface area contributed by atoms with Gasteiger partial charge in [0.05, 0.1) is 5.60 Å². The molecule has 1 saturated heterocycles. The Hall–Kier alpha value is -0.0800. The molecule has 0 amide bonds. The maximum absolute atomic E-state index is 10.0.